The van der Waals surface area contributed by atoms with Gasteiger partial charge in [0.2, 0.25) is 5.91 Å². The highest BCUT2D eigenvalue weighted by atomic mass is 35.5. The van der Waals surface area contributed by atoms with Crippen molar-refractivity contribution in [2.24, 2.45) is 5.73 Å². The van der Waals surface area contributed by atoms with E-state index in [1.54, 1.807) is 6.08 Å². The molecule has 3 nitrogen and oxygen atoms in total. The number of carbonyl (C=O) groups excluding carboxylic acids is 1. The Morgan fingerprint density at radius 1 is 1.00 bits per heavy atom. The van der Waals surface area contributed by atoms with Crippen molar-refractivity contribution in [2.45, 2.75) is 53.4 Å². The molecule has 0 atom stereocenters. The molecule has 0 unspecified atom stereocenters. The SMILES string of the molecule is CC(C)=CCC/C(C)=C/CC/C(C)=C/C(=O)NCCN.Cl. The minimum atomic E-state index is -0.0443. The first-order chi connectivity index (χ1) is 9.45. The maximum atomic E-state index is 11.4. The van der Waals surface area contributed by atoms with Crippen LogP contribution in [0.15, 0.2) is 34.9 Å². The van der Waals surface area contributed by atoms with Crippen molar-refractivity contribution in [3.05, 3.63) is 34.9 Å². The van der Waals surface area contributed by atoms with Gasteiger partial charge in [0, 0.05) is 19.2 Å². The van der Waals surface area contributed by atoms with Crippen molar-refractivity contribution < 1.29 is 4.79 Å². The molecule has 122 valence electrons. The largest absolute Gasteiger partial charge is 0.351 e. The number of rotatable bonds is 9. The zero-order valence-corrected chi connectivity index (χ0v) is 14.7. The van der Waals surface area contributed by atoms with Crippen molar-refractivity contribution in [3.8, 4) is 0 Å². The lowest BCUT2D eigenvalue weighted by Crippen LogP contribution is -2.27. The highest BCUT2D eigenvalue weighted by Crippen LogP contribution is 2.11. The zero-order valence-electron chi connectivity index (χ0n) is 13.9. The number of carbonyl (C=O) groups is 1. The fourth-order valence-corrected chi connectivity index (χ4v) is 1.78. The third-order valence-corrected chi connectivity index (χ3v) is 2.94. The summed E-state index contributed by atoms with van der Waals surface area (Å²) in [5.41, 5.74) is 9.23. The second kappa shape index (κ2) is 13.9. The van der Waals surface area contributed by atoms with Gasteiger partial charge in [0.05, 0.1) is 0 Å². The van der Waals surface area contributed by atoms with E-state index < -0.39 is 0 Å². The quantitative estimate of drug-likeness (QED) is 0.501. The first-order valence-electron chi connectivity index (χ1n) is 7.39. The summed E-state index contributed by atoms with van der Waals surface area (Å²) in [7, 11) is 0. The topological polar surface area (TPSA) is 55.1 Å². The van der Waals surface area contributed by atoms with Gasteiger partial charge in [-0.15, -0.1) is 12.4 Å². The molecule has 0 saturated carbocycles. The van der Waals surface area contributed by atoms with Crippen molar-refractivity contribution >= 4 is 18.3 Å². The van der Waals surface area contributed by atoms with Gasteiger partial charge >= 0.3 is 0 Å². The van der Waals surface area contributed by atoms with E-state index in [0.29, 0.717) is 13.1 Å². The summed E-state index contributed by atoms with van der Waals surface area (Å²) in [6, 6.07) is 0. The average Bonchev–Trinajstić information content (AvgIpc) is 2.35. The van der Waals surface area contributed by atoms with Crippen LogP contribution in [-0.4, -0.2) is 19.0 Å². The van der Waals surface area contributed by atoms with Gasteiger partial charge in [0.1, 0.15) is 0 Å². The van der Waals surface area contributed by atoms with E-state index >= 15 is 0 Å². The number of nitrogens with one attached hydrogen (secondary N) is 1. The Labute approximate surface area is 136 Å². The molecule has 0 aromatic rings. The van der Waals surface area contributed by atoms with E-state index in [-0.39, 0.29) is 18.3 Å². The van der Waals surface area contributed by atoms with E-state index in [9.17, 15) is 4.79 Å². The Morgan fingerprint density at radius 2 is 1.57 bits per heavy atom. The Balaban J connectivity index is 0. The van der Waals surface area contributed by atoms with Crippen LogP contribution in [0, 0.1) is 0 Å². The van der Waals surface area contributed by atoms with Crippen LogP contribution in [0.25, 0.3) is 0 Å². The van der Waals surface area contributed by atoms with E-state index in [1.165, 1.54) is 11.1 Å². The average molecular weight is 315 g/mol. The van der Waals surface area contributed by atoms with E-state index in [0.717, 1.165) is 31.3 Å². The van der Waals surface area contributed by atoms with E-state index in [4.69, 9.17) is 5.73 Å². The molecule has 0 rings (SSSR count). The van der Waals surface area contributed by atoms with Crippen LogP contribution in [0.2, 0.25) is 0 Å². The van der Waals surface area contributed by atoms with Gasteiger partial charge in [-0.25, -0.2) is 0 Å². The predicted molar refractivity (Wildman–Crippen MR) is 94.7 cm³/mol. The maximum Gasteiger partial charge on any atom is 0.243 e. The molecule has 0 aliphatic rings. The van der Waals surface area contributed by atoms with Crippen LogP contribution < -0.4 is 11.1 Å². The number of hydrogen-bond donors (Lipinski definition) is 2. The lowest BCUT2D eigenvalue weighted by Gasteiger charge is -2.02. The first kappa shape index (κ1) is 22.2. The normalized spacial score (nSPS) is 11.7. The predicted octanol–water partition coefficient (Wildman–Crippen LogP) is 3.90. The fraction of sp³-hybridized carbons (Fsp3) is 0.588. The molecule has 21 heavy (non-hydrogen) atoms. The molecule has 0 saturated heterocycles. The molecule has 0 aromatic heterocycles. The summed E-state index contributed by atoms with van der Waals surface area (Å²) in [5.74, 6) is -0.0443. The van der Waals surface area contributed by atoms with Gasteiger partial charge < -0.3 is 11.1 Å². The molecular formula is C17H31ClN2O. The smallest absolute Gasteiger partial charge is 0.243 e. The second-order valence-corrected chi connectivity index (χ2v) is 5.48. The maximum absolute atomic E-state index is 11.4. The van der Waals surface area contributed by atoms with Crippen LogP contribution in [0.3, 0.4) is 0 Å². The zero-order chi connectivity index (χ0) is 15.4. The summed E-state index contributed by atoms with van der Waals surface area (Å²) in [6.45, 7) is 9.43. The number of hydrogen-bond acceptors (Lipinski definition) is 2. The van der Waals surface area contributed by atoms with Crippen molar-refractivity contribution in [3.63, 3.8) is 0 Å². The molecule has 0 radical (unpaired) electrons. The highest BCUT2D eigenvalue weighted by Gasteiger charge is 1.97. The molecule has 1 amide bonds. The molecule has 0 aromatic carbocycles. The summed E-state index contributed by atoms with van der Waals surface area (Å²) in [6.07, 6.45) is 10.4. The minimum Gasteiger partial charge on any atom is -0.351 e. The Hall–Kier alpha value is -1.06. The third-order valence-electron chi connectivity index (χ3n) is 2.94. The number of amides is 1. The molecule has 0 heterocycles. The van der Waals surface area contributed by atoms with Crippen LogP contribution in [0.5, 0.6) is 0 Å². The number of nitrogens with two attached hydrogens (primary N) is 1. The van der Waals surface area contributed by atoms with Crippen molar-refractivity contribution in [1.82, 2.24) is 5.32 Å². The first-order valence-corrected chi connectivity index (χ1v) is 7.39. The van der Waals surface area contributed by atoms with Gasteiger partial charge in [0.15, 0.2) is 0 Å². The third kappa shape index (κ3) is 15.2. The lowest BCUT2D eigenvalue weighted by atomic mass is 10.1. The Morgan fingerprint density at radius 3 is 2.14 bits per heavy atom. The molecule has 0 fully saturated rings. The molecular weight excluding hydrogens is 284 g/mol. The van der Waals surface area contributed by atoms with Crippen molar-refractivity contribution in [1.29, 1.82) is 0 Å². The molecule has 0 bridgehead atoms. The van der Waals surface area contributed by atoms with Gasteiger partial charge in [0.25, 0.3) is 0 Å². The van der Waals surface area contributed by atoms with Crippen LogP contribution in [0.1, 0.15) is 53.4 Å². The summed E-state index contributed by atoms with van der Waals surface area (Å²) >= 11 is 0. The van der Waals surface area contributed by atoms with E-state index in [1.807, 2.05) is 6.92 Å². The highest BCUT2D eigenvalue weighted by molar-refractivity contribution is 5.88. The summed E-state index contributed by atoms with van der Waals surface area (Å²) in [4.78, 5) is 11.4. The number of halogens is 1. The van der Waals surface area contributed by atoms with Gasteiger partial charge in [-0.1, -0.05) is 28.9 Å². The Bertz CT molecular complexity index is 380. The van der Waals surface area contributed by atoms with Crippen molar-refractivity contribution in [2.75, 3.05) is 13.1 Å². The second-order valence-electron chi connectivity index (χ2n) is 5.48. The molecule has 0 aliphatic heterocycles. The lowest BCUT2D eigenvalue weighted by molar-refractivity contribution is -0.116. The summed E-state index contributed by atoms with van der Waals surface area (Å²) in [5, 5.41) is 2.74. The molecule has 0 spiro atoms. The monoisotopic (exact) mass is 314 g/mol. The van der Waals surface area contributed by atoms with Gasteiger partial charge in [-0.2, -0.15) is 0 Å². The van der Waals surface area contributed by atoms with Gasteiger partial charge in [-0.05, 0) is 53.4 Å². The fourth-order valence-electron chi connectivity index (χ4n) is 1.78. The minimum absolute atomic E-state index is 0. The van der Waals surface area contributed by atoms with Crippen LogP contribution in [0.4, 0.5) is 0 Å². The summed E-state index contributed by atoms with van der Waals surface area (Å²) < 4.78 is 0. The standard InChI is InChI=1S/C17H30N2O.ClH/c1-14(2)7-5-8-15(3)9-6-10-16(4)13-17(20)19-12-11-18;/h7,9,13H,5-6,8,10-12,18H2,1-4H3,(H,19,20);1H/b15-9+,16-13+;. The number of allylic oxidation sites excluding steroid dienone is 5. The van der Waals surface area contributed by atoms with E-state index in [2.05, 4.69) is 38.2 Å². The molecule has 4 heteroatoms. The molecule has 0 aliphatic carbocycles. The van der Waals surface area contributed by atoms with Crippen LogP contribution >= 0.6 is 12.4 Å². The van der Waals surface area contributed by atoms with Crippen LogP contribution in [-0.2, 0) is 4.79 Å². The molecule has 3 N–H and O–H groups in total. The Kier molecular flexibility index (Phi) is 14.7. The van der Waals surface area contributed by atoms with Gasteiger partial charge in [-0.3, -0.25) is 4.79 Å².